The molecular formula is C17H13N7O3. The van der Waals surface area contributed by atoms with Gasteiger partial charge >= 0.3 is 0 Å². The molecule has 2 heterocycles. The predicted octanol–water partition coefficient (Wildman–Crippen LogP) is 2.18. The van der Waals surface area contributed by atoms with Crippen LogP contribution in [0.3, 0.4) is 0 Å². The zero-order chi connectivity index (χ0) is 18.6. The fraction of sp³-hybridized carbons (Fsp3) is 0.0588. The van der Waals surface area contributed by atoms with E-state index in [0.29, 0.717) is 17.0 Å². The summed E-state index contributed by atoms with van der Waals surface area (Å²) in [6.07, 6.45) is 0. The summed E-state index contributed by atoms with van der Waals surface area (Å²) in [7, 11) is 1.60. The van der Waals surface area contributed by atoms with Gasteiger partial charge in [-0.2, -0.15) is 10.2 Å². The van der Waals surface area contributed by atoms with Crippen LogP contribution in [0.15, 0.2) is 53.1 Å². The Morgan fingerprint density at radius 2 is 1.96 bits per heavy atom. The maximum Gasteiger partial charge on any atom is 0.270 e. The van der Waals surface area contributed by atoms with E-state index in [2.05, 4.69) is 36.1 Å². The van der Waals surface area contributed by atoms with Gasteiger partial charge in [0.05, 0.1) is 18.2 Å². The largest absolute Gasteiger partial charge is 0.497 e. The molecule has 0 fully saturated rings. The third-order valence-corrected chi connectivity index (χ3v) is 3.75. The van der Waals surface area contributed by atoms with Gasteiger partial charge in [-0.05, 0) is 41.6 Å². The highest BCUT2D eigenvalue weighted by atomic mass is 16.5. The molecule has 27 heavy (non-hydrogen) atoms. The number of nitrogens with one attached hydrogen (secondary N) is 2. The number of carbonyl (C=O) groups is 1. The highest BCUT2D eigenvalue weighted by Crippen LogP contribution is 2.26. The van der Waals surface area contributed by atoms with Gasteiger partial charge in [-0.1, -0.05) is 22.4 Å². The lowest BCUT2D eigenvalue weighted by atomic mass is 10.1. The quantitative estimate of drug-likeness (QED) is 0.551. The molecule has 2 aromatic carbocycles. The molecule has 134 valence electrons. The van der Waals surface area contributed by atoms with E-state index in [0.717, 1.165) is 11.3 Å². The van der Waals surface area contributed by atoms with Crippen LogP contribution >= 0.6 is 0 Å². The van der Waals surface area contributed by atoms with Gasteiger partial charge in [-0.15, -0.1) is 5.10 Å². The zero-order valence-corrected chi connectivity index (χ0v) is 14.1. The van der Waals surface area contributed by atoms with Crippen molar-refractivity contribution in [2.75, 3.05) is 12.4 Å². The van der Waals surface area contributed by atoms with Gasteiger partial charge in [0.25, 0.3) is 17.7 Å². The lowest BCUT2D eigenvalue weighted by molar-refractivity contribution is 0.102. The maximum absolute atomic E-state index is 12.5. The fourth-order valence-corrected chi connectivity index (χ4v) is 2.44. The number of hydrogen-bond donors (Lipinski definition) is 2. The predicted molar refractivity (Wildman–Crippen MR) is 93.9 cm³/mol. The number of tetrazole rings is 1. The van der Waals surface area contributed by atoms with E-state index >= 15 is 0 Å². The van der Waals surface area contributed by atoms with Gasteiger partial charge in [0, 0.05) is 5.56 Å². The van der Waals surface area contributed by atoms with Crippen molar-refractivity contribution >= 4 is 11.9 Å². The zero-order valence-electron chi connectivity index (χ0n) is 14.1. The fourth-order valence-electron chi connectivity index (χ4n) is 2.44. The van der Waals surface area contributed by atoms with E-state index in [1.54, 1.807) is 43.5 Å². The first-order valence-electron chi connectivity index (χ1n) is 7.87. The summed E-state index contributed by atoms with van der Waals surface area (Å²) in [5, 5.41) is 19.6. The number of benzene rings is 2. The minimum Gasteiger partial charge on any atom is -0.497 e. The Morgan fingerprint density at radius 3 is 2.70 bits per heavy atom. The lowest BCUT2D eigenvalue weighted by Gasteiger charge is -2.04. The Balaban J connectivity index is 1.64. The second-order valence-electron chi connectivity index (χ2n) is 5.39. The number of aromatic nitrogens is 6. The summed E-state index contributed by atoms with van der Waals surface area (Å²) in [4.78, 5) is 16.9. The molecule has 0 saturated carbocycles. The van der Waals surface area contributed by atoms with Crippen LogP contribution in [-0.4, -0.2) is 43.8 Å². The molecule has 0 aliphatic carbocycles. The van der Waals surface area contributed by atoms with Gasteiger partial charge in [0.2, 0.25) is 5.82 Å². The van der Waals surface area contributed by atoms with Crippen LogP contribution in [0.1, 0.15) is 10.4 Å². The van der Waals surface area contributed by atoms with Crippen molar-refractivity contribution in [2.24, 2.45) is 0 Å². The summed E-state index contributed by atoms with van der Waals surface area (Å²) in [6, 6.07) is 14.1. The van der Waals surface area contributed by atoms with Crippen molar-refractivity contribution in [3.63, 3.8) is 0 Å². The van der Waals surface area contributed by atoms with E-state index in [1.165, 1.54) is 0 Å². The van der Waals surface area contributed by atoms with Crippen LogP contribution in [-0.2, 0) is 0 Å². The normalized spacial score (nSPS) is 10.6. The molecule has 2 aromatic heterocycles. The third-order valence-electron chi connectivity index (χ3n) is 3.75. The number of carbonyl (C=O) groups excluding carboxylic acids is 1. The van der Waals surface area contributed by atoms with Crippen molar-refractivity contribution in [1.29, 1.82) is 0 Å². The molecule has 0 radical (unpaired) electrons. The van der Waals surface area contributed by atoms with Crippen molar-refractivity contribution < 1.29 is 14.1 Å². The molecular weight excluding hydrogens is 350 g/mol. The Hall–Kier alpha value is -4.08. The standard InChI is InChI=1S/C17H13N7O3/c1-26-11-8-6-10(7-9-11)14-18-16(27-22-14)13-5-3-2-4-12(13)15(25)19-17-20-23-24-21-17/h2-9H,1H3,(H2,19,20,21,23,24,25). The van der Waals surface area contributed by atoms with Gasteiger partial charge in [0.15, 0.2) is 0 Å². The molecule has 4 rings (SSSR count). The van der Waals surface area contributed by atoms with Crippen LogP contribution in [0.4, 0.5) is 5.95 Å². The van der Waals surface area contributed by atoms with Crippen molar-refractivity contribution in [2.45, 2.75) is 0 Å². The van der Waals surface area contributed by atoms with E-state index < -0.39 is 5.91 Å². The molecule has 2 N–H and O–H groups in total. The van der Waals surface area contributed by atoms with Crippen LogP contribution in [0.25, 0.3) is 22.8 Å². The number of amides is 1. The summed E-state index contributed by atoms with van der Waals surface area (Å²) in [5.41, 5.74) is 1.59. The Labute approximate surface area is 152 Å². The average molecular weight is 363 g/mol. The third kappa shape index (κ3) is 3.35. The smallest absolute Gasteiger partial charge is 0.270 e. The van der Waals surface area contributed by atoms with E-state index in [1.807, 2.05) is 12.1 Å². The Morgan fingerprint density at radius 1 is 1.15 bits per heavy atom. The molecule has 0 atom stereocenters. The molecule has 0 spiro atoms. The van der Waals surface area contributed by atoms with Gasteiger partial charge in [-0.3, -0.25) is 10.1 Å². The number of hydrogen-bond acceptors (Lipinski definition) is 8. The molecule has 0 aliphatic rings. The molecule has 1 amide bonds. The van der Waals surface area contributed by atoms with Gasteiger partial charge in [-0.25, -0.2) is 0 Å². The second kappa shape index (κ2) is 7.04. The van der Waals surface area contributed by atoms with Crippen LogP contribution in [0, 0.1) is 0 Å². The minimum absolute atomic E-state index is 0.0688. The first kappa shape index (κ1) is 16.4. The molecule has 10 heteroatoms. The topological polar surface area (TPSA) is 132 Å². The molecule has 0 unspecified atom stereocenters. The Kier molecular flexibility index (Phi) is 4.27. The van der Waals surface area contributed by atoms with E-state index in [4.69, 9.17) is 9.26 Å². The summed E-state index contributed by atoms with van der Waals surface area (Å²) in [5.74, 6) is 1.00. The number of methoxy groups -OCH3 is 1. The average Bonchev–Trinajstić information content (AvgIpc) is 3.40. The van der Waals surface area contributed by atoms with E-state index in [9.17, 15) is 4.79 Å². The summed E-state index contributed by atoms with van der Waals surface area (Å²) >= 11 is 0. The highest BCUT2D eigenvalue weighted by Gasteiger charge is 2.19. The van der Waals surface area contributed by atoms with Crippen LogP contribution in [0.5, 0.6) is 5.75 Å². The van der Waals surface area contributed by atoms with Crippen molar-refractivity contribution in [3.8, 4) is 28.6 Å². The SMILES string of the molecule is COc1ccc(-c2noc(-c3ccccc3C(=O)Nc3nn[nH]n3)n2)cc1. The summed E-state index contributed by atoms with van der Waals surface area (Å²) in [6.45, 7) is 0. The van der Waals surface area contributed by atoms with Crippen LogP contribution in [0.2, 0.25) is 0 Å². The molecule has 10 nitrogen and oxygen atoms in total. The number of H-pyrrole nitrogens is 1. The van der Waals surface area contributed by atoms with Crippen molar-refractivity contribution in [3.05, 3.63) is 54.1 Å². The first-order valence-corrected chi connectivity index (χ1v) is 7.87. The molecule has 4 aromatic rings. The maximum atomic E-state index is 12.5. The highest BCUT2D eigenvalue weighted by molar-refractivity contribution is 6.07. The van der Waals surface area contributed by atoms with Gasteiger partial charge in [0.1, 0.15) is 5.75 Å². The number of rotatable bonds is 5. The molecule has 0 aliphatic heterocycles. The van der Waals surface area contributed by atoms with E-state index in [-0.39, 0.29) is 11.8 Å². The van der Waals surface area contributed by atoms with Crippen molar-refractivity contribution in [1.82, 2.24) is 30.8 Å². The minimum atomic E-state index is -0.420. The number of ether oxygens (including phenoxy) is 1. The second-order valence-corrected chi connectivity index (χ2v) is 5.39. The number of aromatic amines is 1. The first-order chi connectivity index (χ1) is 13.2. The lowest BCUT2D eigenvalue weighted by Crippen LogP contribution is -2.14. The monoisotopic (exact) mass is 363 g/mol. The number of anilines is 1. The Bertz CT molecular complexity index is 1060. The van der Waals surface area contributed by atoms with Crippen LogP contribution < -0.4 is 10.1 Å². The molecule has 0 saturated heterocycles. The molecule has 0 bridgehead atoms. The van der Waals surface area contributed by atoms with Gasteiger partial charge < -0.3 is 9.26 Å². The summed E-state index contributed by atoms with van der Waals surface area (Å²) < 4.78 is 10.5. The number of nitrogens with zero attached hydrogens (tertiary/aromatic N) is 5.